The zero-order valence-electron chi connectivity index (χ0n) is 10.2. The molecule has 0 aliphatic rings. The molecule has 0 bridgehead atoms. The van der Waals surface area contributed by atoms with E-state index < -0.39 is 5.82 Å². The molecule has 6 heteroatoms. The second-order valence-electron chi connectivity index (χ2n) is 3.92. The number of hydrogen-bond donors (Lipinski definition) is 2. The van der Waals surface area contributed by atoms with Gasteiger partial charge in [-0.3, -0.25) is 4.79 Å². The van der Waals surface area contributed by atoms with E-state index in [9.17, 15) is 9.18 Å². The molecule has 2 rings (SSSR count). The van der Waals surface area contributed by atoms with Gasteiger partial charge in [0, 0.05) is 19.0 Å². The lowest BCUT2D eigenvalue weighted by atomic mass is 10.3. The van der Waals surface area contributed by atoms with E-state index in [-0.39, 0.29) is 24.5 Å². The van der Waals surface area contributed by atoms with E-state index in [0.29, 0.717) is 17.9 Å². The Morgan fingerprint density at radius 3 is 2.89 bits per heavy atom. The van der Waals surface area contributed by atoms with Crippen LogP contribution in [0.5, 0.6) is 5.75 Å². The Morgan fingerprint density at radius 1 is 1.37 bits per heavy atom. The van der Waals surface area contributed by atoms with Gasteiger partial charge in [0.15, 0.2) is 11.6 Å². The fraction of sp³-hybridized carbons (Fsp3) is 0.231. The van der Waals surface area contributed by atoms with E-state index in [2.05, 4.69) is 9.97 Å². The summed E-state index contributed by atoms with van der Waals surface area (Å²) in [5, 5.41) is 0. The number of ether oxygens (including phenoxy) is 1. The van der Waals surface area contributed by atoms with E-state index in [1.807, 2.05) is 0 Å². The quantitative estimate of drug-likeness (QED) is 0.843. The van der Waals surface area contributed by atoms with Gasteiger partial charge < -0.3 is 15.5 Å². The van der Waals surface area contributed by atoms with Crippen molar-refractivity contribution in [3.63, 3.8) is 0 Å². The SMILES string of the molecule is NCc1cc(=O)[nH]c(CCOc2ccccc2F)n1. The topological polar surface area (TPSA) is 81.0 Å². The van der Waals surface area contributed by atoms with Crippen molar-refractivity contribution in [2.75, 3.05) is 6.61 Å². The van der Waals surface area contributed by atoms with Crippen LogP contribution in [0.4, 0.5) is 4.39 Å². The number of rotatable bonds is 5. The minimum atomic E-state index is -0.417. The maximum absolute atomic E-state index is 13.3. The molecule has 0 unspecified atom stereocenters. The summed E-state index contributed by atoms with van der Waals surface area (Å²) in [6.07, 6.45) is 0.372. The third-order valence-corrected chi connectivity index (χ3v) is 2.49. The lowest BCUT2D eigenvalue weighted by Crippen LogP contribution is -2.16. The highest BCUT2D eigenvalue weighted by molar-refractivity contribution is 5.23. The molecule has 0 saturated heterocycles. The Kier molecular flexibility index (Phi) is 4.25. The standard InChI is InChI=1S/C13H14FN3O2/c14-10-3-1-2-4-11(10)19-6-5-12-16-9(8-15)7-13(18)17-12/h1-4,7H,5-6,8,15H2,(H,16,17,18). The molecule has 0 fully saturated rings. The summed E-state index contributed by atoms with van der Waals surface area (Å²) < 4.78 is 18.6. The van der Waals surface area contributed by atoms with E-state index in [0.717, 1.165) is 0 Å². The molecule has 0 amide bonds. The maximum Gasteiger partial charge on any atom is 0.251 e. The van der Waals surface area contributed by atoms with E-state index in [1.54, 1.807) is 18.2 Å². The van der Waals surface area contributed by atoms with Crippen LogP contribution in [0.1, 0.15) is 11.5 Å². The molecular formula is C13H14FN3O2. The predicted octanol–water partition coefficient (Wildman–Crippen LogP) is 0.989. The van der Waals surface area contributed by atoms with Crippen LogP contribution >= 0.6 is 0 Å². The molecule has 1 aromatic carbocycles. The smallest absolute Gasteiger partial charge is 0.251 e. The molecule has 0 aliphatic heterocycles. The Labute approximate surface area is 109 Å². The molecule has 3 N–H and O–H groups in total. The summed E-state index contributed by atoms with van der Waals surface area (Å²) in [4.78, 5) is 18.0. The predicted molar refractivity (Wildman–Crippen MR) is 68.3 cm³/mol. The van der Waals surface area contributed by atoms with E-state index in [4.69, 9.17) is 10.5 Å². The third-order valence-electron chi connectivity index (χ3n) is 2.49. The van der Waals surface area contributed by atoms with Gasteiger partial charge in [-0.05, 0) is 12.1 Å². The molecule has 5 nitrogen and oxygen atoms in total. The number of nitrogens with zero attached hydrogens (tertiary/aromatic N) is 1. The molecule has 1 aromatic heterocycles. The zero-order chi connectivity index (χ0) is 13.7. The Morgan fingerprint density at radius 2 is 2.16 bits per heavy atom. The van der Waals surface area contributed by atoms with Crippen LogP contribution in [0, 0.1) is 5.82 Å². The highest BCUT2D eigenvalue weighted by Crippen LogP contribution is 2.15. The minimum absolute atomic E-state index is 0.180. The molecule has 0 spiro atoms. The minimum Gasteiger partial charge on any atom is -0.490 e. The number of benzene rings is 1. The summed E-state index contributed by atoms with van der Waals surface area (Å²) in [7, 11) is 0. The molecule has 2 aromatic rings. The van der Waals surface area contributed by atoms with Crippen molar-refractivity contribution in [2.45, 2.75) is 13.0 Å². The maximum atomic E-state index is 13.3. The largest absolute Gasteiger partial charge is 0.490 e. The van der Waals surface area contributed by atoms with Crippen molar-refractivity contribution in [3.05, 3.63) is 58.0 Å². The van der Waals surface area contributed by atoms with Crippen LogP contribution < -0.4 is 16.0 Å². The molecular weight excluding hydrogens is 249 g/mol. The van der Waals surface area contributed by atoms with Crippen molar-refractivity contribution in [3.8, 4) is 5.75 Å². The Balaban J connectivity index is 1.98. The van der Waals surface area contributed by atoms with Crippen molar-refractivity contribution in [1.29, 1.82) is 0 Å². The second-order valence-corrected chi connectivity index (χ2v) is 3.92. The van der Waals surface area contributed by atoms with Gasteiger partial charge >= 0.3 is 0 Å². The molecule has 1 heterocycles. The summed E-state index contributed by atoms with van der Waals surface area (Å²) in [5.74, 6) is 0.240. The summed E-state index contributed by atoms with van der Waals surface area (Å²) >= 11 is 0. The Hall–Kier alpha value is -2.21. The normalized spacial score (nSPS) is 10.4. The van der Waals surface area contributed by atoms with Gasteiger partial charge in [-0.1, -0.05) is 12.1 Å². The summed E-state index contributed by atoms with van der Waals surface area (Å²) in [6, 6.07) is 7.49. The van der Waals surface area contributed by atoms with Crippen molar-refractivity contribution in [2.24, 2.45) is 5.73 Å². The van der Waals surface area contributed by atoms with Gasteiger partial charge in [-0.15, -0.1) is 0 Å². The first-order valence-electron chi connectivity index (χ1n) is 5.85. The van der Waals surface area contributed by atoms with Crippen LogP contribution in [-0.4, -0.2) is 16.6 Å². The van der Waals surface area contributed by atoms with Gasteiger partial charge in [-0.2, -0.15) is 0 Å². The number of aromatic nitrogens is 2. The zero-order valence-corrected chi connectivity index (χ0v) is 10.2. The number of aromatic amines is 1. The fourth-order valence-corrected chi connectivity index (χ4v) is 1.61. The van der Waals surface area contributed by atoms with Gasteiger partial charge in [0.2, 0.25) is 0 Å². The highest BCUT2D eigenvalue weighted by atomic mass is 19.1. The highest BCUT2D eigenvalue weighted by Gasteiger charge is 2.03. The van der Waals surface area contributed by atoms with Gasteiger partial charge in [0.1, 0.15) is 5.82 Å². The average Bonchev–Trinajstić information content (AvgIpc) is 2.40. The van der Waals surface area contributed by atoms with Crippen LogP contribution in [0.2, 0.25) is 0 Å². The fourth-order valence-electron chi connectivity index (χ4n) is 1.61. The lowest BCUT2D eigenvalue weighted by molar-refractivity contribution is 0.302. The molecule has 0 radical (unpaired) electrons. The molecule has 0 atom stereocenters. The van der Waals surface area contributed by atoms with Gasteiger partial charge in [-0.25, -0.2) is 9.37 Å². The first-order chi connectivity index (χ1) is 9.19. The van der Waals surface area contributed by atoms with Gasteiger partial charge in [0.05, 0.1) is 12.3 Å². The number of halogens is 1. The van der Waals surface area contributed by atoms with Crippen molar-refractivity contribution in [1.82, 2.24) is 9.97 Å². The number of H-pyrrole nitrogens is 1. The van der Waals surface area contributed by atoms with Crippen LogP contribution in [-0.2, 0) is 13.0 Å². The monoisotopic (exact) mass is 263 g/mol. The molecule has 0 aliphatic carbocycles. The van der Waals surface area contributed by atoms with E-state index >= 15 is 0 Å². The third kappa shape index (κ3) is 3.62. The number of nitrogens with two attached hydrogens (primary N) is 1. The lowest BCUT2D eigenvalue weighted by Gasteiger charge is -2.07. The van der Waals surface area contributed by atoms with Crippen molar-refractivity contribution < 1.29 is 9.13 Å². The Bertz CT molecular complexity index is 613. The molecule has 19 heavy (non-hydrogen) atoms. The second kappa shape index (κ2) is 6.10. The number of hydrogen-bond acceptors (Lipinski definition) is 4. The average molecular weight is 263 g/mol. The molecule has 100 valence electrons. The van der Waals surface area contributed by atoms with Crippen molar-refractivity contribution >= 4 is 0 Å². The summed E-state index contributed by atoms with van der Waals surface area (Å²) in [5.41, 5.74) is 5.70. The van der Waals surface area contributed by atoms with Crippen LogP contribution in [0.15, 0.2) is 35.1 Å². The number of para-hydroxylation sites is 1. The number of nitrogens with one attached hydrogen (secondary N) is 1. The van der Waals surface area contributed by atoms with Crippen LogP contribution in [0.25, 0.3) is 0 Å². The molecule has 0 saturated carbocycles. The van der Waals surface area contributed by atoms with Gasteiger partial charge in [0.25, 0.3) is 5.56 Å². The first-order valence-corrected chi connectivity index (χ1v) is 5.85. The summed E-state index contributed by atoms with van der Waals surface area (Å²) in [6.45, 7) is 0.420. The van der Waals surface area contributed by atoms with E-state index in [1.165, 1.54) is 12.1 Å². The van der Waals surface area contributed by atoms with Crippen LogP contribution in [0.3, 0.4) is 0 Å². The first kappa shape index (κ1) is 13.2.